The highest BCUT2D eigenvalue weighted by Gasteiger charge is 2.38. The summed E-state index contributed by atoms with van der Waals surface area (Å²) in [5.74, 6) is 1.83. The standard InChI is InChI=1S/C14H12.C11H22O2/c1-10-6-7-12-9-11-4-2-3-5-13(11)14(12)8-10;1-6-10-8(3)7(2)9(4)11(12-5)13-10/h2-8H,9H2,1H3;7-11H,6H2,1-5H3. The minimum atomic E-state index is -0.00356. The molecule has 2 heteroatoms. The maximum Gasteiger partial charge on any atom is 0.160 e. The van der Waals surface area contributed by atoms with Crippen molar-refractivity contribution in [2.75, 3.05) is 7.11 Å². The molecule has 1 saturated heterocycles. The van der Waals surface area contributed by atoms with Gasteiger partial charge in [0.05, 0.1) is 6.10 Å². The van der Waals surface area contributed by atoms with Gasteiger partial charge in [0.1, 0.15) is 0 Å². The van der Waals surface area contributed by atoms with E-state index in [0.717, 1.165) is 12.8 Å². The highest BCUT2D eigenvalue weighted by atomic mass is 16.7. The van der Waals surface area contributed by atoms with Crippen LogP contribution in [0.5, 0.6) is 0 Å². The van der Waals surface area contributed by atoms with Crippen LogP contribution in [0.2, 0.25) is 0 Å². The number of rotatable bonds is 2. The Morgan fingerprint density at radius 1 is 0.926 bits per heavy atom. The lowest BCUT2D eigenvalue weighted by Crippen LogP contribution is -2.45. The number of ether oxygens (including phenoxy) is 2. The molecule has 5 unspecified atom stereocenters. The van der Waals surface area contributed by atoms with Crippen LogP contribution in [-0.4, -0.2) is 19.5 Å². The Kier molecular flexibility index (Phi) is 6.39. The average molecular weight is 367 g/mol. The molecule has 2 aromatic rings. The zero-order valence-corrected chi connectivity index (χ0v) is 17.7. The molecule has 0 bridgehead atoms. The average Bonchev–Trinajstić information content (AvgIpc) is 3.05. The second-order valence-electron chi connectivity index (χ2n) is 8.26. The third-order valence-electron chi connectivity index (χ3n) is 6.57. The fourth-order valence-corrected chi connectivity index (χ4v) is 4.46. The van der Waals surface area contributed by atoms with Crippen molar-refractivity contribution < 1.29 is 9.47 Å². The Morgan fingerprint density at radius 2 is 1.63 bits per heavy atom. The van der Waals surface area contributed by atoms with E-state index < -0.39 is 0 Å². The number of aryl methyl sites for hydroxylation is 1. The Bertz CT molecular complexity index is 747. The van der Waals surface area contributed by atoms with Crippen molar-refractivity contribution in [3.8, 4) is 11.1 Å². The molecular weight excluding hydrogens is 332 g/mol. The minimum absolute atomic E-state index is 0.00356. The molecule has 2 aromatic carbocycles. The summed E-state index contributed by atoms with van der Waals surface area (Å²) in [4.78, 5) is 0. The van der Waals surface area contributed by atoms with E-state index in [-0.39, 0.29) is 6.29 Å². The van der Waals surface area contributed by atoms with Gasteiger partial charge in [-0.25, -0.2) is 0 Å². The van der Waals surface area contributed by atoms with Gasteiger partial charge in [0.2, 0.25) is 0 Å². The van der Waals surface area contributed by atoms with Crippen LogP contribution in [0.25, 0.3) is 11.1 Å². The van der Waals surface area contributed by atoms with Crippen LogP contribution in [0.3, 0.4) is 0 Å². The molecule has 1 aliphatic heterocycles. The van der Waals surface area contributed by atoms with Crippen LogP contribution in [0.4, 0.5) is 0 Å². The van der Waals surface area contributed by atoms with Crippen LogP contribution >= 0.6 is 0 Å². The molecule has 0 spiro atoms. The van der Waals surface area contributed by atoms with Crippen molar-refractivity contribution in [2.24, 2.45) is 17.8 Å². The van der Waals surface area contributed by atoms with Gasteiger partial charge >= 0.3 is 0 Å². The van der Waals surface area contributed by atoms with Gasteiger partial charge in [-0.3, -0.25) is 0 Å². The van der Waals surface area contributed by atoms with Crippen molar-refractivity contribution in [3.63, 3.8) is 0 Å². The molecule has 1 aliphatic carbocycles. The van der Waals surface area contributed by atoms with Gasteiger partial charge in [0.15, 0.2) is 6.29 Å². The largest absolute Gasteiger partial charge is 0.356 e. The minimum Gasteiger partial charge on any atom is -0.356 e. The van der Waals surface area contributed by atoms with Crippen LogP contribution in [0.1, 0.15) is 50.8 Å². The lowest BCUT2D eigenvalue weighted by molar-refractivity contribution is -0.237. The highest BCUT2D eigenvalue weighted by molar-refractivity contribution is 5.77. The van der Waals surface area contributed by atoms with Crippen LogP contribution < -0.4 is 0 Å². The predicted octanol–water partition coefficient (Wildman–Crippen LogP) is 6.24. The summed E-state index contributed by atoms with van der Waals surface area (Å²) in [6, 6.07) is 15.4. The van der Waals surface area contributed by atoms with E-state index in [0.29, 0.717) is 23.9 Å². The molecule has 0 amide bonds. The molecule has 0 N–H and O–H groups in total. The van der Waals surface area contributed by atoms with E-state index in [2.05, 4.69) is 77.1 Å². The number of hydrogen-bond donors (Lipinski definition) is 0. The number of hydrogen-bond acceptors (Lipinski definition) is 2. The third-order valence-corrected chi connectivity index (χ3v) is 6.57. The molecule has 0 saturated carbocycles. The number of fused-ring (bicyclic) bond motifs is 3. The molecule has 0 radical (unpaired) electrons. The van der Waals surface area contributed by atoms with Gasteiger partial charge in [-0.15, -0.1) is 0 Å². The normalized spacial score (nSPS) is 28.7. The molecule has 2 aliphatic rings. The zero-order valence-electron chi connectivity index (χ0n) is 17.7. The van der Waals surface area contributed by atoms with E-state index in [1.54, 1.807) is 7.11 Å². The van der Waals surface area contributed by atoms with Crippen LogP contribution in [0.15, 0.2) is 42.5 Å². The summed E-state index contributed by atoms with van der Waals surface area (Å²) in [5.41, 5.74) is 7.14. The lowest BCUT2D eigenvalue weighted by Gasteiger charge is -2.42. The monoisotopic (exact) mass is 366 g/mol. The van der Waals surface area contributed by atoms with E-state index in [1.165, 1.54) is 27.8 Å². The Balaban J connectivity index is 0.000000157. The van der Waals surface area contributed by atoms with E-state index in [1.807, 2.05) is 0 Å². The van der Waals surface area contributed by atoms with E-state index >= 15 is 0 Å². The smallest absolute Gasteiger partial charge is 0.160 e. The van der Waals surface area contributed by atoms with Crippen LogP contribution in [-0.2, 0) is 15.9 Å². The first-order valence-corrected chi connectivity index (χ1v) is 10.3. The van der Waals surface area contributed by atoms with Gasteiger partial charge in [-0.2, -0.15) is 0 Å². The fraction of sp³-hybridized carbons (Fsp3) is 0.520. The first kappa shape index (κ1) is 20.1. The van der Waals surface area contributed by atoms with Gasteiger partial charge in [-0.1, -0.05) is 75.7 Å². The summed E-state index contributed by atoms with van der Waals surface area (Å²) < 4.78 is 11.2. The van der Waals surface area contributed by atoms with Crippen LogP contribution in [0, 0.1) is 24.7 Å². The zero-order chi connectivity index (χ0) is 19.6. The first-order chi connectivity index (χ1) is 13.0. The fourth-order valence-electron chi connectivity index (χ4n) is 4.46. The molecule has 146 valence electrons. The van der Waals surface area contributed by atoms with Crippen molar-refractivity contribution in [3.05, 3.63) is 59.2 Å². The topological polar surface area (TPSA) is 18.5 Å². The van der Waals surface area contributed by atoms with Crippen molar-refractivity contribution >= 4 is 0 Å². The van der Waals surface area contributed by atoms with Gasteiger partial charge < -0.3 is 9.47 Å². The quantitative estimate of drug-likeness (QED) is 0.534. The molecular formula is C25H34O2. The third kappa shape index (κ3) is 4.12. The summed E-state index contributed by atoms with van der Waals surface area (Å²) >= 11 is 0. The molecule has 5 atom stereocenters. The van der Waals surface area contributed by atoms with E-state index in [4.69, 9.17) is 9.47 Å². The summed E-state index contributed by atoms with van der Waals surface area (Å²) in [7, 11) is 1.73. The second kappa shape index (κ2) is 8.58. The maximum absolute atomic E-state index is 5.86. The molecule has 4 rings (SSSR count). The molecule has 1 fully saturated rings. The Hall–Kier alpha value is -1.64. The molecule has 2 nitrogen and oxygen atoms in total. The van der Waals surface area contributed by atoms with Gasteiger partial charge in [-0.05, 0) is 53.9 Å². The first-order valence-electron chi connectivity index (χ1n) is 10.3. The number of benzene rings is 2. The lowest BCUT2D eigenvalue weighted by atomic mass is 9.78. The summed E-state index contributed by atoms with van der Waals surface area (Å²) in [6.45, 7) is 11.1. The van der Waals surface area contributed by atoms with Crippen molar-refractivity contribution in [1.82, 2.24) is 0 Å². The van der Waals surface area contributed by atoms with E-state index in [9.17, 15) is 0 Å². The maximum atomic E-state index is 5.86. The summed E-state index contributed by atoms with van der Waals surface area (Å²) in [6.07, 6.45) is 2.55. The molecule has 27 heavy (non-hydrogen) atoms. The Labute approximate surface area is 164 Å². The number of methoxy groups -OCH3 is 1. The van der Waals surface area contributed by atoms with Gasteiger partial charge in [0, 0.05) is 13.0 Å². The second-order valence-corrected chi connectivity index (χ2v) is 8.26. The predicted molar refractivity (Wildman–Crippen MR) is 113 cm³/mol. The SMILES string of the molecule is CCC1OC(OC)C(C)C(C)C1C.Cc1ccc2c(c1)-c1ccccc1C2. The van der Waals surface area contributed by atoms with Gasteiger partial charge in [0.25, 0.3) is 0 Å². The summed E-state index contributed by atoms with van der Waals surface area (Å²) in [5, 5.41) is 0. The van der Waals surface area contributed by atoms with Crippen molar-refractivity contribution in [2.45, 2.75) is 59.9 Å². The van der Waals surface area contributed by atoms with Crippen molar-refractivity contribution in [1.29, 1.82) is 0 Å². The molecule has 1 heterocycles. The highest BCUT2D eigenvalue weighted by Crippen LogP contribution is 2.37. The Morgan fingerprint density at radius 3 is 2.33 bits per heavy atom. The molecule has 0 aromatic heterocycles.